The van der Waals surface area contributed by atoms with E-state index in [1.807, 2.05) is 31.2 Å². The molecule has 0 saturated carbocycles. The fraction of sp³-hybridized carbons (Fsp3) is 0.231. The largest absolute Gasteiger partial charge is 0.492 e. The van der Waals surface area contributed by atoms with Gasteiger partial charge >= 0.3 is 0 Å². The molecule has 0 atom stereocenters. The number of rotatable bonds is 4. The predicted octanol–water partition coefficient (Wildman–Crippen LogP) is 2.00. The van der Waals surface area contributed by atoms with E-state index in [0.29, 0.717) is 13.2 Å². The maximum atomic E-state index is 5.70. The van der Waals surface area contributed by atoms with Crippen molar-refractivity contribution in [1.29, 1.82) is 0 Å². The average molecular weight is 229 g/mol. The molecule has 2 aromatic rings. The number of aromatic nitrogens is 2. The van der Waals surface area contributed by atoms with Gasteiger partial charge in [-0.25, -0.2) is 0 Å². The molecule has 2 rings (SSSR count). The van der Waals surface area contributed by atoms with Gasteiger partial charge in [-0.15, -0.1) is 0 Å². The van der Waals surface area contributed by atoms with Gasteiger partial charge < -0.3 is 10.5 Å². The zero-order valence-corrected chi connectivity index (χ0v) is 9.76. The van der Waals surface area contributed by atoms with E-state index >= 15 is 0 Å². The standard InChI is InChI=1S/C13H15N3O/c1-2-17-13-9-16-12(7-10(13)8-14)11-5-3-4-6-15-11/h3-7,9H,2,8,14H2,1H3. The van der Waals surface area contributed by atoms with E-state index in [2.05, 4.69) is 9.97 Å². The Morgan fingerprint density at radius 2 is 2.12 bits per heavy atom. The van der Waals surface area contributed by atoms with Crippen molar-refractivity contribution in [3.05, 3.63) is 42.2 Å². The molecule has 2 N–H and O–H groups in total. The fourth-order valence-corrected chi connectivity index (χ4v) is 1.58. The van der Waals surface area contributed by atoms with Crippen LogP contribution in [0.3, 0.4) is 0 Å². The Morgan fingerprint density at radius 3 is 2.76 bits per heavy atom. The molecule has 2 aromatic heterocycles. The Morgan fingerprint density at radius 1 is 1.24 bits per heavy atom. The normalized spacial score (nSPS) is 10.2. The molecule has 0 aliphatic rings. The minimum atomic E-state index is 0.428. The summed E-state index contributed by atoms with van der Waals surface area (Å²) >= 11 is 0. The minimum Gasteiger partial charge on any atom is -0.492 e. The maximum absolute atomic E-state index is 5.70. The van der Waals surface area contributed by atoms with Gasteiger partial charge in [-0.2, -0.15) is 0 Å². The summed E-state index contributed by atoms with van der Waals surface area (Å²) in [6, 6.07) is 7.65. The van der Waals surface area contributed by atoms with Crippen LogP contribution >= 0.6 is 0 Å². The first-order valence-corrected chi connectivity index (χ1v) is 5.58. The van der Waals surface area contributed by atoms with Crippen molar-refractivity contribution in [2.24, 2.45) is 5.73 Å². The molecule has 0 radical (unpaired) electrons. The summed E-state index contributed by atoms with van der Waals surface area (Å²) in [6.45, 7) is 2.97. The molecule has 0 amide bonds. The van der Waals surface area contributed by atoms with Gasteiger partial charge in [0.15, 0.2) is 0 Å². The molecule has 0 spiro atoms. The van der Waals surface area contributed by atoms with Gasteiger partial charge in [0.25, 0.3) is 0 Å². The average Bonchev–Trinajstić information content (AvgIpc) is 2.40. The second-order valence-corrected chi connectivity index (χ2v) is 3.53. The second-order valence-electron chi connectivity index (χ2n) is 3.53. The molecule has 2 heterocycles. The van der Waals surface area contributed by atoms with Crippen molar-refractivity contribution in [3.63, 3.8) is 0 Å². The molecule has 0 fully saturated rings. The Kier molecular flexibility index (Phi) is 3.67. The molecular weight excluding hydrogens is 214 g/mol. The number of hydrogen-bond donors (Lipinski definition) is 1. The number of pyridine rings is 2. The van der Waals surface area contributed by atoms with Crippen molar-refractivity contribution in [3.8, 4) is 17.1 Å². The Labute approximate surface area is 100 Å². The van der Waals surface area contributed by atoms with Gasteiger partial charge in [-0.05, 0) is 25.1 Å². The van der Waals surface area contributed by atoms with Crippen LogP contribution in [0, 0.1) is 0 Å². The van der Waals surface area contributed by atoms with Gasteiger partial charge in [0.1, 0.15) is 5.75 Å². The summed E-state index contributed by atoms with van der Waals surface area (Å²) in [5.41, 5.74) is 8.30. The summed E-state index contributed by atoms with van der Waals surface area (Å²) in [5, 5.41) is 0. The van der Waals surface area contributed by atoms with Crippen LogP contribution in [-0.4, -0.2) is 16.6 Å². The topological polar surface area (TPSA) is 61.0 Å². The molecule has 0 unspecified atom stereocenters. The molecule has 88 valence electrons. The summed E-state index contributed by atoms with van der Waals surface area (Å²) in [6.07, 6.45) is 3.45. The van der Waals surface area contributed by atoms with E-state index in [1.54, 1.807) is 12.4 Å². The van der Waals surface area contributed by atoms with E-state index in [1.165, 1.54) is 0 Å². The minimum absolute atomic E-state index is 0.428. The van der Waals surface area contributed by atoms with Crippen LogP contribution in [0.1, 0.15) is 12.5 Å². The molecule has 4 nitrogen and oxygen atoms in total. The van der Waals surface area contributed by atoms with E-state index in [0.717, 1.165) is 22.7 Å². The Hall–Kier alpha value is -1.94. The zero-order valence-electron chi connectivity index (χ0n) is 9.76. The van der Waals surface area contributed by atoms with E-state index in [-0.39, 0.29) is 0 Å². The third-order valence-corrected chi connectivity index (χ3v) is 2.40. The lowest BCUT2D eigenvalue weighted by Gasteiger charge is -2.09. The SMILES string of the molecule is CCOc1cnc(-c2ccccn2)cc1CN. The quantitative estimate of drug-likeness (QED) is 0.871. The second kappa shape index (κ2) is 5.41. The highest BCUT2D eigenvalue weighted by atomic mass is 16.5. The van der Waals surface area contributed by atoms with Gasteiger partial charge in [0.2, 0.25) is 0 Å². The summed E-state index contributed by atoms with van der Waals surface area (Å²) < 4.78 is 5.46. The van der Waals surface area contributed by atoms with Gasteiger partial charge in [-0.1, -0.05) is 6.07 Å². The number of ether oxygens (including phenoxy) is 1. The predicted molar refractivity (Wildman–Crippen MR) is 66.5 cm³/mol. The smallest absolute Gasteiger partial charge is 0.142 e. The van der Waals surface area contributed by atoms with Crippen LogP contribution in [-0.2, 0) is 6.54 Å². The number of nitrogens with zero attached hydrogens (tertiary/aromatic N) is 2. The highest BCUT2D eigenvalue weighted by molar-refractivity contribution is 5.56. The van der Waals surface area contributed by atoms with Gasteiger partial charge in [-0.3, -0.25) is 9.97 Å². The first-order valence-electron chi connectivity index (χ1n) is 5.58. The summed E-state index contributed by atoms with van der Waals surface area (Å²) in [5.74, 6) is 0.745. The van der Waals surface area contributed by atoms with Crippen LogP contribution in [0.2, 0.25) is 0 Å². The highest BCUT2D eigenvalue weighted by Crippen LogP contribution is 2.22. The monoisotopic (exact) mass is 229 g/mol. The number of nitrogens with two attached hydrogens (primary N) is 1. The van der Waals surface area contributed by atoms with E-state index in [9.17, 15) is 0 Å². The van der Waals surface area contributed by atoms with Gasteiger partial charge in [0.05, 0.1) is 24.2 Å². The summed E-state index contributed by atoms with van der Waals surface area (Å²) in [7, 11) is 0. The van der Waals surface area contributed by atoms with E-state index in [4.69, 9.17) is 10.5 Å². The molecule has 0 aliphatic heterocycles. The first-order chi connectivity index (χ1) is 8.35. The third-order valence-electron chi connectivity index (χ3n) is 2.40. The third kappa shape index (κ3) is 2.60. The van der Waals surface area contributed by atoms with Crippen molar-refractivity contribution >= 4 is 0 Å². The molecule has 4 heteroatoms. The maximum Gasteiger partial charge on any atom is 0.142 e. The van der Waals surface area contributed by atoms with Crippen LogP contribution in [0.4, 0.5) is 0 Å². The van der Waals surface area contributed by atoms with Crippen LogP contribution < -0.4 is 10.5 Å². The lowest BCUT2D eigenvalue weighted by molar-refractivity contribution is 0.335. The highest BCUT2D eigenvalue weighted by Gasteiger charge is 2.06. The zero-order chi connectivity index (χ0) is 12.1. The van der Waals surface area contributed by atoms with Crippen molar-refractivity contribution in [2.45, 2.75) is 13.5 Å². The molecule has 0 saturated heterocycles. The van der Waals surface area contributed by atoms with Gasteiger partial charge in [0, 0.05) is 18.3 Å². The molecule has 0 aliphatic carbocycles. The Bertz CT molecular complexity index is 485. The first kappa shape index (κ1) is 11.5. The van der Waals surface area contributed by atoms with Crippen LogP contribution in [0.15, 0.2) is 36.7 Å². The lowest BCUT2D eigenvalue weighted by Crippen LogP contribution is -2.03. The van der Waals surface area contributed by atoms with Crippen LogP contribution in [0.5, 0.6) is 5.75 Å². The molecule has 0 bridgehead atoms. The molecule has 0 aromatic carbocycles. The van der Waals surface area contributed by atoms with Crippen molar-refractivity contribution in [1.82, 2.24) is 9.97 Å². The molecule has 17 heavy (non-hydrogen) atoms. The molecular formula is C13H15N3O. The van der Waals surface area contributed by atoms with Crippen molar-refractivity contribution < 1.29 is 4.74 Å². The Balaban J connectivity index is 2.38. The van der Waals surface area contributed by atoms with Crippen LogP contribution in [0.25, 0.3) is 11.4 Å². The number of hydrogen-bond acceptors (Lipinski definition) is 4. The summed E-state index contributed by atoms with van der Waals surface area (Å²) in [4.78, 5) is 8.59. The van der Waals surface area contributed by atoms with Crippen molar-refractivity contribution in [2.75, 3.05) is 6.61 Å². The fourth-order valence-electron chi connectivity index (χ4n) is 1.58. The van der Waals surface area contributed by atoms with E-state index < -0.39 is 0 Å². The lowest BCUT2D eigenvalue weighted by atomic mass is 10.1.